The van der Waals surface area contributed by atoms with E-state index in [0.717, 1.165) is 22.2 Å². The van der Waals surface area contributed by atoms with Crippen molar-refractivity contribution in [3.63, 3.8) is 0 Å². The molecule has 0 aliphatic carbocycles. The van der Waals surface area contributed by atoms with Gasteiger partial charge in [0.2, 0.25) is 0 Å². The highest BCUT2D eigenvalue weighted by Gasteiger charge is 2.11. The van der Waals surface area contributed by atoms with E-state index in [-0.39, 0.29) is 5.91 Å². The van der Waals surface area contributed by atoms with E-state index >= 15 is 0 Å². The number of carbonyl (C=O) groups is 1. The fourth-order valence-electron chi connectivity index (χ4n) is 2.62. The van der Waals surface area contributed by atoms with Crippen LogP contribution in [0, 0.1) is 0 Å². The number of nitrogens with one attached hydrogen (secondary N) is 1. The maximum Gasteiger partial charge on any atom is 0.287 e. The Morgan fingerprint density at radius 1 is 1.20 bits per heavy atom. The number of aryl methyl sites for hydroxylation is 1. The molecule has 1 N–H and O–H groups in total. The highest BCUT2D eigenvalue weighted by Crippen LogP contribution is 2.19. The number of carbonyl (C=O) groups excluding carboxylic acids is 1. The van der Waals surface area contributed by atoms with Crippen LogP contribution in [0.25, 0.3) is 22.2 Å². The molecule has 1 amide bonds. The molecule has 0 fully saturated rings. The minimum absolute atomic E-state index is 0.243. The van der Waals surface area contributed by atoms with Crippen LogP contribution < -0.4 is 5.32 Å². The van der Waals surface area contributed by atoms with Crippen molar-refractivity contribution < 1.29 is 9.21 Å². The number of pyridine rings is 1. The first-order chi connectivity index (χ1) is 12.2. The monoisotopic (exact) mass is 332 g/mol. The summed E-state index contributed by atoms with van der Waals surface area (Å²) in [5.41, 5.74) is 3.42. The lowest BCUT2D eigenvalue weighted by molar-refractivity contribution is 0.0925. The lowest BCUT2D eigenvalue weighted by atomic mass is 10.2. The van der Waals surface area contributed by atoms with Gasteiger partial charge in [-0.05, 0) is 23.8 Å². The summed E-state index contributed by atoms with van der Waals surface area (Å²) in [4.78, 5) is 16.7. The largest absolute Gasteiger partial charge is 0.451 e. The van der Waals surface area contributed by atoms with Crippen LogP contribution in [0.1, 0.15) is 16.1 Å². The van der Waals surface area contributed by atoms with Crippen LogP contribution in [-0.4, -0.2) is 20.7 Å². The SMILES string of the molecule is Cn1cc(-c2ccc(CNC(=O)c3cc4ccccc4o3)cn2)cn1. The standard InChI is InChI=1S/C19H16N4O2/c1-23-12-15(11-22-23)16-7-6-13(9-20-16)10-21-19(24)18-8-14-4-2-3-5-17(14)25-18/h2-9,11-12H,10H2,1H3,(H,21,24). The Morgan fingerprint density at radius 3 is 2.80 bits per heavy atom. The van der Waals surface area contributed by atoms with Gasteiger partial charge in [-0.15, -0.1) is 0 Å². The van der Waals surface area contributed by atoms with Gasteiger partial charge in [-0.1, -0.05) is 24.3 Å². The summed E-state index contributed by atoms with van der Waals surface area (Å²) in [6.45, 7) is 0.385. The van der Waals surface area contributed by atoms with E-state index in [2.05, 4.69) is 15.4 Å². The van der Waals surface area contributed by atoms with E-state index in [1.807, 2.05) is 49.6 Å². The fourth-order valence-corrected chi connectivity index (χ4v) is 2.62. The Morgan fingerprint density at radius 2 is 2.08 bits per heavy atom. The van der Waals surface area contributed by atoms with Crippen LogP contribution in [0.3, 0.4) is 0 Å². The molecule has 0 unspecified atom stereocenters. The van der Waals surface area contributed by atoms with Crippen molar-refractivity contribution in [2.75, 3.05) is 0 Å². The molecule has 0 saturated heterocycles. The Labute approximate surface area is 144 Å². The number of nitrogens with zero attached hydrogens (tertiary/aromatic N) is 3. The van der Waals surface area contributed by atoms with Gasteiger partial charge in [-0.25, -0.2) is 0 Å². The van der Waals surface area contributed by atoms with Crippen LogP contribution in [0.15, 0.2) is 65.5 Å². The van der Waals surface area contributed by atoms with Crippen molar-refractivity contribution in [2.45, 2.75) is 6.54 Å². The predicted octanol–water partition coefficient (Wildman–Crippen LogP) is 3.16. The number of aromatic nitrogens is 3. The van der Waals surface area contributed by atoms with E-state index in [0.29, 0.717) is 17.9 Å². The second kappa shape index (κ2) is 6.24. The normalized spacial score (nSPS) is 10.9. The molecule has 0 atom stereocenters. The molecule has 0 aliphatic heterocycles. The molecule has 25 heavy (non-hydrogen) atoms. The minimum Gasteiger partial charge on any atom is -0.451 e. The number of fused-ring (bicyclic) bond motifs is 1. The first kappa shape index (κ1) is 15.1. The van der Waals surface area contributed by atoms with Crippen molar-refractivity contribution >= 4 is 16.9 Å². The summed E-state index contributed by atoms with van der Waals surface area (Å²) >= 11 is 0. The molecule has 1 aromatic carbocycles. The highest BCUT2D eigenvalue weighted by molar-refractivity contribution is 5.96. The van der Waals surface area contributed by atoms with Crippen molar-refractivity contribution in [2.24, 2.45) is 7.05 Å². The van der Waals surface area contributed by atoms with Crippen LogP contribution in [0.5, 0.6) is 0 Å². The van der Waals surface area contributed by atoms with Gasteiger partial charge in [0.25, 0.3) is 5.91 Å². The second-order valence-corrected chi connectivity index (χ2v) is 5.79. The molecule has 6 nitrogen and oxygen atoms in total. The number of hydrogen-bond acceptors (Lipinski definition) is 4. The molecule has 0 bridgehead atoms. The van der Waals surface area contributed by atoms with Gasteiger partial charge in [-0.3, -0.25) is 14.5 Å². The molecule has 4 aromatic rings. The lowest BCUT2D eigenvalue weighted by Gasteiger charge is -2.04. The number of furan rings is 1. The third-order valence-electron chi connectivity index (χ3n) is 3.93. The number of hydrogen-bond donors (Lipinski definition) is 1. The molecule has 0 spiro atoms. The average Bonchev–Trinajstić information content (AvgIpc) is 3.26. The number of para-hydroxylation sites is 1. The Hall–Kier alpha value is -3.41. The predicted molar refractivity (Wildman–Crippen MR) is 93.8 cm³/mol. The summed E-state index contributed by atoms with van der Waals surface area (Å²) in [6.07, 6.45) is 5.43. The van der Waals surface area contributed by atoms with Gasteiger partial charge in [0.05, 0.1) is 11.9 Å². The fraction of sp³-hybridized carbons (Fsp3) is 0.105. The van der Waals surface area contributed by atoms with E-state index in [1.165, 1.54) is 0 Å². The maximum absolute atomic E-state index is 12.2. The summed E-state index contributed by atoms with van der Waals surface area (Å²) < 4.78 is 7.30. The van der Waals surface area contributed by atoms with Gasteiger partial charge in [0.15, 0.2) is 5.76 Å². The van der Waals surface area contributed by atoms with Crippen LogP contribution >= 0.6 is 0 Å². The molecular weight excluding hydrogens is 316 g/mol. The summed E-state index contributed by atoms with van der Waals surface area (Å²) in [7, 11) is 1.87. The first-order valence-corrected chi connectivity index (χ1v) is 7.90. The Balaban J connectivity index is 1.43. The molecule has 0 radical (unpaired) electrons. The highest BCUT2D eigenvalue weighted by atomic mass is 16.3. The van der Waals surface area contributed by atoms with Crippen molar-refractivity contribution in [3.05, 3.63) is 72.4 Å². The van der Waals surface area contributed by atoms with Gasteiger partial charge in [0, 0.05) is 36.9 Å². The maximum atomic E-state index is 12.2. The molecule has 0 saturated carbocycles. The van der Waals surface area contributed by atoms with Crippen molar-refractivity contribution in [3.8, 4) is 11.3 Å². The molecule has 3 aromatic heterocycles. The number of amides is 1. The zero-order valence-corrected chi connectivity index (χ0v) is 13.6. The zero-order chi connectivity index (χ0) is 17.2. The second-order valence-electron chi connectivity index (χ2n) is 5.79. The van der Waals surface area contributed by atoms with E-state index in [1.54, 1.807) is 23.1 Å². The Kier molecular flexibility index (Phi) is 3.78. The van der Waals surface area contributed by atoms with Gasteiger partial charge >= 0.3 is 0 Å². The summed E-state index contributed by atoms with van der Waals surface area (Å²) in [6, 6.07) is 13.1. The number of benzene rings is 1. The average molecular weight is 332 g/mol. The zero-order valence-electron chi connectivity index (χ0n) is 13.6. The molecule has 6 heteroatoms. The Bertz CT molecular complexity index is 998. The van der Waals surface area contributed by atoms with Crippen LogP contribution in [0.4, 0.5) is 0 Å². The van der Waals surface area contributed by atoms with Gasteiger partial charge in [-0.2, -0.15) is 5.10 Å². The molecule has 4 rings (SSSR count). The van der Waals surface area contributed by atoms with Crippen LogP contribution in [0.2, 0.25) is 0 Å². The van der Waals surface area contributed by atoms with Crippen molar-refractivity contribution in [1.82, 2.24) is 20.1 Å². The van der Waals surface area contributed by atoms with Gasteiger partial charge in [0.1, 0.15) is 5.58 Å². The van der Waals surface area contributed by atoms with E-state index in [4.69, 9.17) is 4.42 Å². The molecule has 0 aliphatic rings. The lowest BCUT2D eigenvalue weighted by Crippen LogP contribution is -2.22. The van der Waals surface area contributed by atoms with Gasteiger partial charge < -0.3 is 9.73 Å². The smallest absolute Gasteiger partial charge is 0.287 e. The molecule has 124 valence electrons. The third kappa shape index (κ3) is 3.14. The minimum atomic E-state index is -0.243. The first-order valence-electron chi connectivity index (χ1n) is 7.90. The third-order valence-corrected chi connectivity index (χ3v) is 3.93. The topological polar surface area (TPSA) is 73.0 Å². The van der Waals surface area contributed by atoms with E-state index < -0.39 is 0 Å². The number of rotatable bonds is 4. The molecule has 3 heterocycles. The quantitative estimate of drug-likeness (QED) is 0.623. The van der Waals surface area contributed by atoms with E-state index in [9.17, 15) is 4.79 Å². The molecular formula is C19H16N4O2. The summed E-state index contributed by atoms with van der Waals surface area (Å²) in [5.74, 6) is 0.0636. The van der Waals surface area contributed by atoms with Crippen LogP contribution in [-0.2, 0) is 13.6 Å². The van der Waals surface area contributed by atoms with Crippen molar-refractivity contribution in [1.29, 1.82) is 0 Å². The summed E-state index contributed by atoms with van der Waals surface area (Å²) in [5, 5.41) is 7.90.